The molecule has 0 aliphatic carbocycles. The Morgan fingerprint density at radius 3 is 2.46 bits per heavy atom. The number of alkyl halides is 3. The summed E-state index contributed by atoms with van der Waals surface area (Å²) in [6.07, 6.45) is -3.96. The van der Waals surface area contributed by atoms with Crippen molar-refractivity contribution >= 4 is 11.7 Å². The zero-order valence-electron chi connectivity index (χ0n) is 12.0. The van der Waals surface area contributed by atoms with Crippen molar-refractivity contribution in [3.05, 3.63) is 57.9 Å². The second kappa shape index (κ2) is 6.52. The molecule has 2 aromatic rings. The summed E-state index contributed by atoms with van der Waals surface area (Å²) < 4.78 is 46.9. The number of hydrogen-bond acceptors (Lipinski definition) is 6. The van der Waals surface area contributed by atoms with Crippen molar-refractivity contribution in [2.75, 3.05) is 7.11 Å². The van der Waals surface area contributed by atoms with Crippen LogP contribution in [0.15, 0.2) is 36.5 Å². The molecule has 0 aliphatic rings. The average molecular weight is 342 g/mol. The van der Waals surface area contributed by atoms with Crippen LogP contribution in [0.1, 0.15) is 16.1 Å². The molecule has 0 aliphatic heterocycles. The molecule has 10 heteroatoms. The molecule has 1 heterocycles. The number of aromatic nitrogens is 1. The number of carbonyl (C=O) groups is 1. The third kappa shape index (κ3) is 3.77. The van der Waals surface area contributed by atoms with E-state index in [1.54, 1.807) is 0 Å². The Bertz CT molecular complexity index is 775. The van der Waals surface area contributed by atoms with E-state index in [0.29, 0.717) is 12.3 Å². The lowest BCUT2D eigenvalue weighted by Crippen LogP contribution is -2.12. The molecule has 0 saturated carbocycles. The van der Waals surface area contributed by atoms with E-state index in [0.717, 1.165) is 18.2 Å². The minimum Gasteiger partial charge on any atom is -0.496 e. The first-order valence-corrected chi connectivity index (χ1v) is 6.30. The summed E-state index contributed by atoms with van der Waals surface area (Å²) in [7, 11) is 1.30. The van der Waals surface area contributed by atoms with Crippen LogP contribution < -0.4 is 9.47 Å². The van der Waals surface area contributed by atoms with Crippen molar-refractivity contribution in [2.45, 2.75) is 6.18 Å². The third-order valence-corrected chi connectivity index (χ3v) is 2.86. The number of benzene rings is 1. The number of halogens is 3. The van der Waals surface area contributed by atoms with Gasteiger partial charge in [-0.1, -0.05) is 0 Å². The quantitative estimate of drug-likeness (QED) is 0.367. The standard InChI is InChI=1S/C14H9F3N2O5/c1-23-9-3-4-11(10(6-9)19(21)22)24-13(20)8-2-5-12(18-7-8)14(15,16)17/h2-7H,1H3. The fourth-order valence-corrected chi connectivity index (χ4v) is 1.69. The maximum Gasteiger partial charge on any atom is 0.433 e. The van der Waals surface area contributed by atoms with Crippen molar-refractivity contribution in [3.8, 4) is 11.5 Å². The second-order valence-corrected chi connectivity index (χ2v) is 4.41. The number of pyridine rings is 1. The molecular weight excluding hydrogens is 333 g/mol. The van der Waals surface area contributed by atoms with Crippen molar-refractivity contribution in [1.29, 1.82) is 0 Å². The molecule has 0 bridgehead atoms. The van der Waals surface area contributed by atoms with Gasteiger partial charge in [0, 0.05) is 6.20 Å². The van der Waals surface area contributed by atoms with E-state index in [4.69, 9.17) is 9.47 Å². The largest absolute Gasteiger partial charge is 0.496 e. The van der Waals surface area contributed by atoms with E-state index in [1.165, 1.54) is 13.2 Å². The fourth-order valence-electron chi connectivity index (χ4n) is 1.69. The van der Waals surface area contributed by atoms with E-state index in [9.17, 15) is 28.1 Å². The molecule has 0 spiro atoms. The van der Waals surface area contributed by atoms with E-state index in [2.05, 4.69) is 4.98 Å². The molecule has 7 nitrogen and oxygen atoms in total. The highest BCUT2D eigenvalue weighted by molar-refractivity contribution is 5.91. The number of carbonyl (C=O) groups excluding carboxylic acids is 1. The molecule has 0 N–H and O–H groups in total. The van der Waals surface area contributed by atoms with Crippen LogP contribution in [-0.4, -0.2) is 23.0 Å². The Morgan fingerprint density at radius 1 is 1.25 bits per heavy atom. The Balaban J connectivity index is 2.25. The topological polar surface area (TPSA) is 91.6 Å². The first-order chi connectivity index (χ1) is 11.2. The summed E-state index contributed by atoms with van der Waals surface area (Å²) in [6, 6.07) is 5.01. The van der Waals surface area contributed by atoms with Crippen LogP contribution in [0.25, 0.3) is 0 Å². The number of ether oxygens (including phenoxy) is 2. The van der Waals surface area contributed by atoms with Crippen LogP contribution >= 0.6 is 0 Å². The van der Waals surface area contributed by atoms with Gasteiger partial charge in [-0.05, 0) is 24.3 Å². The van der Waals surface area contributed by atoms with E-state index in [1.807, 2.05) is 0 Å². The summed E-state index contributed by atoms with van der Waals surface area (Å²) in [6.45, 7) is 0. The predicted molar refractivity (Wildman–Crippen MR) is 73.8 cm³/mol. The Kier molecular flexibility index (Phi) is 4.67. The Morgan fingerprint density at radius 2 is 1.96 bits per heavy atom. The summed E-state index contributed by atoms with van der Waals surface area (Å²) in [5, 5.41) is 11.0. The Labute approximate surface area is 132 Å². The van der Waals surface area contributed by atoms with Gasteiger partial charge in [-0.25, -0.2) is 4.79 Å². The van der Waals surface area contributed by atoms with Gasteiger partial charge < -0.3 is 9.47 Å². The first kappa shape index (κ1) is 17.2. The van der Waals surface area contributed by atoms with E-state index < -0.39 is 28.5 Å². The lowest BCUT2D eigenvalue weighted by molar-refractivity contribution is -0.385. The number of rotatable bonds is 4. The van der Waals surface area contributed by atoms with Gasteiger partial charge in [-0.3, -0.25) is 15.1 Å². The molecule has 0 saturated heterocycles. The van der Waals surface area contributed by atoms with Crippen LogP contribution in [0, 0.1) is 10.1 Å². The zero-order chi connectivity index (χ0) is 17.9. The minimum atomic E-state index is -4.64. The van der Waals surface area contributed by atoms with Gasteiger partial charge in [0.15, 0.2) is 0 Å². The maximum absolute atomic E-state index is 12.4. The minimum absolute atomic E-state index is 0.178. The number of esters is 1. The van der Waals surface area contributed by atoms with Gasteiger partial charge in [0.05, 0.1) is 23.7 Å². The molecule has 0 atom stereocenters. The van der Waals surface area contributed by atoms with E-state index >= 15 is 0 Å². The number of methoxy groups -OCH3 is 1. The zero-order valence-corrected chi connectivity index (χ0v) is 12.0. The van der Waals surface area contributed by atoms with Gasteiger partial charge in [0.2, 0.25) is 5.75 Å². The highest BCUT2D eigenvalue weighted by Gasteiger charge is 2.32. The molecule has 0 fully saturated rings. The summed E-state index contributed by atoms with van der Waals surface area (Å²) >= 11 is 0. The fraction of sp³-hybridized carbons (Fsp3) is 0.143. The normalized spacial score (nSPS) is 11.0. The predicted octanol–water partition coefficient (Wildman–Crippen LogP) is 3.24. The molecule has 1 aromatic heterocycles. The van der Waals surface area contributed by atoms with Gasteiger partial charge in [-0.15, -0.1) is 0 Å². The highest BCUT2D eigenvalue weighted by Crippen LogP contribution is 2.32. The van der Waals surface area contributed by atoms with Crippen LogP contribution in [0.3, 0.4) is 0 Å². The average Bonchev–Trinajstić information content (AvgIpc) is 2.54. The second-order valence-electron chi connectivity index (χ2n) is 4.41. The SMILES string of the molecule is COc1ccc(OC(=O)c2ccc(C(F)(F)F)nc2)c([N+](=O)[O-])c1. The van der Waals surface area contributed by atoms with Crippen molar-refractivity contribution in [2.24, 2.45) is 0 Å². The van der Waals surface area contributed by atoms with Crippen LogP contribution in [0.5, 0.6) is 11.5 Å². The number of hydrogen-bond donors (Lipinski definition) is 0. The molecule has 0 radical (unpaired) electrons. The lowest BCUT2D eigenvalue weighted by atomic mass is 10.2. The molecule has 24 heavy (non-hydrogen) atoms. The van der Waals surface area contributed by atoms with E-state index in [-0.39, 0.29) is 17.1 Å². The van der Waals surface area contributed by atoms with Crippen LogP contribution in [-0.2, 0) is 6.18 Å². The van der Waals surface area contributed by atoms with Crippen molar-refractivity contribution in [1.82, 2.24) is 4.98 Å². The van der Waals surface area contributed by atoms with Crippen molar-refractivity contribution < 1.29 is 32.4 Å². The van der Waals surface area contributed by atoms with Gasteiger partial charge >= 0.3 is 17.8 Å². The summed E-state index contributed by atoms with van der Waals surface area (Å²) in [4.78, 5) is 25.2. The third-order valence-electron chi connectivity index (χ3n) is 2.86. The number of nitrogens with zero attached hydrogens (tertiary/aromatic N) is 2. The van der Waals surface area contributed by atoms with Crippen molar-refractivity contribution in [3.63, 3.8) is 0 Å². The smallest absolute Gasteiger partial charge is 0.433 e. The molecule has 0 unspecified atom stereocenters. The molecular formula is C14H9F3N2O5. The van der Waals surface area contributed by atoms with Gasteiger partial charge in [0.1, 0.15) is 11.4 Å². The first-order valence-electron chi connectivity index (χ1n) is 6.30. The van der Waals surface area contributed by atoms with Crippen LogP contribution in [0.4, 0.5) is 18.9 Å². The highest BCUT2D eigenvalue weighted by atomic mass is 19.4. The number of nitro groups is 1. The maximum atomic E-state index is 12.4. The summed E-state index contributed by atoms with van der Waals surface area (Å²) in [5.74, 6) is -1.27. The van der Waals surface area contributed by atoms with Gasteiger partial charge in [-0.2, -0.15) is 13.2 Å². The molecule has 126 valence electrons. The van der Waals surface area contributed by atoms with Gasteiger partial charge in [0.25, 0.3) is 0 Å². The van der Waals surface area contributed by atoms with Crippen LogP contribution in [0.2, 0.25) is 0 Å². The monoisotopic (exact) mass is 342 g/mol. The summed E-state index contributed by atoms with van der Waals surface area (Å²) in [5.41, 5.74) is -1.98. The molecule has 2 rings (SSSR count). The number of nitro benzene ring substituents is 1. The lowest BCUT2D eigenvalue weighted by Gasteiger charge is -2.08. The molecule has 0 amide bonds. The molecule has 1 aromatic carbocycles. The Hall–Kier alpha value is -3.17.